The fourth-order valence-electron chi connectivity index (χ4n) is 1.78. The van der Waals surface area contributed by atoms with Crippen molar-refractivity contribution in [1.29, 1.82) is 0 Å². The highest BCUT2D eigenvalue weighted by Gasteiger charge is 2.02. The average Bonchev–Trinajstić information content (AvgIpc) is 2.41. The van der Waals surface area contributed by atoms with E-state index in [1.54, 1.807) is 7.11 Å². The number of aryl methyl sites for hydroxylation is 1. The molecular formula is C14H23N3O2. The first-order valence-corrected chi connectivity index (χ1v) is 6.51. The number of amides is 2. The molecule has 0 heterocycles. The first-order chi connectivity index (χ1) is 9.11. The smallest absolute Gasteiger partial charge is 0.312 e. The Balaban J connectivity index is 2.18. The van der Waals surface area contributed by atoms with Crippen LogP contribution in [0.2, 0.25) is 0 Å². The second-order valence-electron chi connectivity index (χ2n) is 4.53. The molecule has 4 N–H and O–H groups in total. The van der Waals surface area contributed by atoms with Crippen molar-refractivity contribution >= 4 is 6.03 Å². The standard InChI is InChI=1S/C14H23N3O2/c1-11(16-9-10-17-14(15)18)3-4-12-5-7-13(19-2)8-6-12/h5-8,11,16H,3-4,9-10H2,1-2H3,(H3,15,17,18). The zero-order chi connectivity index (χ0) is 14.1. The van der Waals surface area contributed by atoms with Crippen LogP contribution in [0.5, 0.6) is 5.75 Å². The molecule has 1 atom stereocenters. The predicted molar refractivity (Wildman–Crippen MR) is 76.4 cm³/mol. The molecule has 0 radical (unpaired) electrons. The lowest BCUT2D eigenvalue weighted by Gasteiger charge is -2.14. The van der Waals surface area contributed by atoms with E-state index in [0.29, 0.717) is 12.6 Å². The summed E-state index contributed by atoms with van der Waals surface area (Å²) in [6.45, 7) is 3.42. The van der Waals surface area contributed by atoms with Crippen molar-refractivity contribution in [1.82, 2.24) is 10.6 Å². The molecule has 0 spiro atoms. The predicted octanol–water partition coefficient (Wildman–Crippen LogP) is 1.27. The Kier molecular flexibility index (Phi) is 6.74. The third-order valence-corrected chi connectivity index (χ3v) is 2.94. The highest BCUT2D eigenvalue weighted by Crippen LogP contribution is 2.13. The SMILES string of the molecule is COc1ccc(CCC(C)NCCNC(N)=O)cc1. The molecule has 0 aliphatic heterocycles. The number of carbonyl (C=O) groups excluding carboxylic acids is 1. The van der Waals surface area contributed by atoms with Crippen LogP contribution in [0.1, 0.15) is 18.9 Å². The Morgan fingerprint density at radius 3 is 2.58 bits per heavy atom. The van der Waals surface area contributed by atoms with Gasteiger partial charge in [-0.25, -0.2) is 4.79 Å². The number of benzene rings is 1. The quantitative estimate of drug-likeness (QED) is 0.620. The minimum Gasteiger partial charge on any atom is -0.497 e. The van der Waals surface area contributed by atoms with Gasteiger partial charge in [-0.2, -0.15) is 0 Å². The van der Waals surface area contributed by atoms with Gasteiger partial charge in [0.25, 0.3) is 0 Å². The molecule has 0 aliphatic carbocycles. The molecule has 1 rings (SSSR count). The second kappa shape index (κ2) is 8.37. The van der Waals surface area contributed by atoms with Crippen LogP contribution in [-0.4, -0.2) is 32.3 Å². The number of ether oxygens (including phenoxy) is 1. The van der Waals surface area contributed by atoms with Gasteiger partial charge in [0, 0.05) is 19.1 Å². The van der Waals surface area contributed by atoms with Gasteiger partial charge in [-0.1, -0.05) is 12.1 Å². The van der Waals surface area contributed by atoms with Crippen molar-refractivity contribution in [3.8, 4) is 5.75 Å². The molecule has 1 aromatic rings. The molecular weight excluding hydrogens is 242 g/mol. The van der Waals surface area contributed by atoms with E-state index in [-0.39, 0.29) is 0 Å². The maximum Gasteiger partial charge on any atom is 0.312 e. The molecule has 0 fully saturated rings. The summed E-state index contributed by atoms with van der Waals surface area (Å²) in [5.41, 5.74) is 6.28. The van der Waals surface area contributed by atoms with E-state index >= 15 is 0 Å². The topological polar surface area (TPSA) is 76.4 Å². The van der Waals surface area contributed by atoms with Gasteiger partial charge in [0.1, 0.15) is 5.75 Å². The van der Waals surface area contributed by atoms with Crippen LogP contribution in [-0.2, 0) is 6.42 Å². The van der Waals surface area contributed by atoms with E-state index < -0.39 is 6.03 Å². The summed E-state index contributed by atoms with van der Waals surface area (Å²) in [6.07, 6.45) is 2.06. The second-order valence-corrected chi connectivity index (χ2v) is 4.53. The van der Waals surface area contributed by atoms with Crippen molar-refractivity contribution in [3.05, 3.63) is 29.8 Å². The summed E-state index contributed by atoms with van der Waals surface area (Å²) < 4.78 is 5.12. The molecule has 0 aromatic heterocycles. The Labute approximate surface area is 114 Å². The number of urea groups is 1. The zero-order valence-electron chi connectivity index (χ0n) is 11.6. The van der Waals surface area contributed by atoms with Crippen molar-refractivity contribution < 1.29 is 9.53 Å². The largest absolute Gasteiger partial charge is 0.497 e. The minimum absolute atomic E-state index is 0.400. The molecule has 5 heteroatoms. The highest BCUT2D eigenvalue weighted by molar-refractivity contribution is 5.71. The number of nitrogens with one attached hydrogen (secondary N) is 2. The van der Waals surface area contributed by atoms with Crippen LogP contribution < -0.4 is 21.1 Å². The Morgan fingerprint density at radius 2 is 2.00 bits per heavy atom. The lowest BCUT2D eigenvalue weighted by atomic mass is 10.1. The number of primary amides is 1. The first-order valence-electron chi connectivity index (χ1n) is 6.51. The van der Waals surface area contributed by atoms with E-state index in [1.807, 2.05) is 12.1 Å². The maximum atomic E-state index is 10.5. The van der Waals surface area contributed by atoms with Gasteiger partial charge in [-0.15, -0.1) is 0 Å². The normalized spacial score (nSPS) is 11.9. The Hall–Kier alpha value is -1.75. The van der Waals surface area contributed by atoms with Crippen molar-refractivity contribution in [2.75, 3.05) is 20.2 Å². The molecule has 0 aliphatic rings. The summed E-state index contributed by atoms with van der Waals surface area (Å²) in [4.78, 5) is 10.5. The molecule has 19 heavy (non-hydrogen) atoms. The molecule has 5 nitrogen and oxygen atoms in total. The summed E-state index contributed by atoms with van der Waals surface area (Å²) >= 11 is 0. The highest BCUT2D eigenvalue weighted by atomic mass is 16.5. The van der Waals surface area contributed by atoms with Crippen LogP contribution in [0, 0.1) is 0 Å². The van der Waals surface area contributed by atoms with Gasteiger partial charge < -0.3 is 21.1 Å². The minimum atomic E-state index is -0.479. The number of hydrogen-bond acceptors (Lipinski definition) is 3. The molecule has 2 amide bonds. The third kappa shape index (κ3) is 6.67. The third-order valence-electron chi connectivity index (χ3n) is 2.94. The Bertz CT molecular complexity index is 379. The molecule has 106 valence electrons. The summed E-state index contributed by atoms with van der Waals surface area (Å²) in [5, 5.41) is 5.89. The fraction of sp³-hybridized carbons (Fsp3) is 0.500. The molecule has 1 aromatic carbocycles. The summed E-state index contributed by atoms with van der Waals surface area (Å²) in [6, 6.07) is 8.04. The van der Waals surface area contributed by atoms with Gasteiger partial charge in [-0.3, -0.25) is 0 Å². The van der Waals surface area contributed by atoms with Crippen LogP contribution in [0.25, 0.3) is 0 Å². The first kappa shape index (κ1) is 15.3. The van der Waals surface area contributed by atoms with Gasteiger partial charge in [0.15, 0.2) is 0 Å². The van der Waals surface area contributed by atoms with Gasteiger partial charge >= 0.3 is 6.03 Å². The van der Waals surface area contributed by atoms with E-state index in [1.165, 1.54) is 5.56 Å². The lowest BCUT2D eigenvalue weighted by Crippen LogP contribution is -2.38. The average molecular weight is 265 g/mol. The molecule has 0 saturated heterocycles. The zero-order valence-corrected chi connectivity index (χ0v) is 11.6. The lowest BCUT2D eigenvalue weighted by molar-refractivity contribution is 0.249. The van der Waals surface area contributed by atoms with Crippen LogP contribution >= 0.6 is 0 Å². The number of nitrogens with two attached hydrogens (primary N) is 1. The van der Waals surface area contributed by atoms with Crippen LogP contribution in [0.4, 0.5) is 4.79 Å². The molecule has 0 bridgehead atoms. The number of methoxy groups -OCH3 is 1. The van der Waals surface area contributed by atoms with Gasteiger partial charge in [-0.05, 0) is 37.5 Å². The van der Waals surface area contributed by atoms with Crippen molar-refractivity contribution in [3.63, 3.8) is 0 Å². The van der Waals surface area contributed by atoms with E-state index in [9.17, 15) is 4.79 Å². The Morgan fingerprint density at radius 1 is 1.32 bits per heavy atom. The van der Waals surface area contributed by atoms with Gasteiger partial charge in [0.05, 0.1) is 7.11 Å². The maximum absolute atomic E-state index is 10.5. The fourth-order valence-corrected chi connectivity index (χ4v) is 1.78. The van der Waals surface area contributed by atoms with Gasteiger partial charge in [0.2, 0.25) is 0 Å². The van der Waals surface area contributed by atoms with Crippen LogP contribution in [0.3, 0.4) is 0 Å². The van der Waals surface area contributed by atoms with Crippen LogP contribution in [0.15, 0.2) is 24.3 Å². The molecule has 0 saturated carbocycles. The number of hydrogen-bond donors (Lipinski definition) is 3. The number of carbonyl (C=O) groups is 1. The van der Waals surface area contributed by atoms with E-state index in [0.717, 1.165) is 25.1 Å². The van der Waals surface area contributed by atoms with E-state index in [2.05, 4.69) is 29.7 Å². The monoisotopic (exact) mass is 265 g/mol. The van der Waals surface area contributed by atoms with Crippen molar-refractivity contribution in [2.24, 2.45) is 5.73 Å². The molecule has 1 unspecified atom stereocenters. The van der Waals surface area contributed by atoms with Crippen molar-refractivity contribution in [2.45, 2.75) is 25.8 Å². The number of rotatable bonds is 8. The summed E-state index contributed by atoms with van der Waals surface area (Å²) in [7, 11) is 1.67. The van der Waals surface area contributed by atoms with E-state index in [4.69, 9.17) is 10.5 Å². The summed E-state index contributed by atoms with van der Waals surface area (Å²) in [5.74, 6) is 0.882.